The molecule has 0 aliphatic rings. The lowest BCUT2D eigenvalue weighted by molar-refractivity contribution is 1.06. The Labute approximate surface area is 54.0 Å². The molecule has 1 unspecified atom stereocenters. The molecule has 1 atom stereocenters. The van der Waals surface area contributed by atoms with E-state index in [0.717, 1.165) is 0 Å². The molecule has 4 heteroatoms. The van der Waals surface area contributed by atoms with Crippen LogP contribution in [0, 0.1) is 0 Å². The fourth-order valence-electron chi connectivity index (χ4n) is 0.191. The Hall–Kier alpha value is 0.170. The molecule has 0 heterocycles. The lowest BCUT2D eigenvalue weighted by atomic mass is 10.8. The van der Waals surface area contributed by atoms with E-state index in [9.17, 15) is 0 Å². The summed E-state index contributed by atoms with van der Waals surface area (Å²) in [7, 11) is 0. The molecule has 0 radical (unpaired) electrons. The van der Waals surface area contributed by atoms with Crippen molar-refractivity contribution in [1.29, 1.82) is 0 Å². The van der Waals surface area contributed by atoms with Crippen LogP contribution >= 0.6 is 25.3 Å². The summed E-state index contributed by atoms with van der Waals surface area (Å²) in [5.74, 6) is 0. The molecule has 7 heavy (non-hydrogen) atoms. The predicted octanol–water partition coefficient (Wildman–Crippen LogP) is 0.507. The topological polar surface area (TPSA) is 38.4 Å². The quantitative estimate of drug-likeness (QED) is 0.274. The molecule has 2 nitrogen and oxygen atoms in total. The zero-order valence-electron chi connectivity index (χ0n) is 4.00. The van der Waals surface area contributed by atoms with Crippen LogP contribution in [-0.2, 0) is 0 Å². The molecule has 0 aromatic rings. The first kappa shape index (κ1) is 7.17. The normalized spacial score (nSPS) is 16.7. The maximum Gasteiger partial charge on any atom is 0.151 e. The molecule has 0 aromatic heterocycles. The van der Waals surface area contributed by atoms with Gasteiger partial charge in [0.2, 0.25) is 0 Å². The van der Waals surface area contributed by atoms with E-state index in [1.54, 1.807) is 0 Å². The third-order valence-electron chi connectivity index (χ3n) is 0.319. The molecule has 0 aliphatic heterocycles. The van der Waals surface area contributed by atoms with Crippen molar-refractivity contribution >= 4 is 30.4 Å². The van der Waals surface area contributed by atoms with Crippen LogP contribution in [0.3, 0.4) is 0 Å². The van der Waals surface area contributed by atoms with Gasteiger partial charge in [0, 0.05) is 0 Å². The van der Waals surface area contributed by atoms with Crippen molar-refractivity contribution in [3.05, 3.63) is 0 Å². The van der Waals surface area contributed by atoms with Crippen LogP contribution in [0.5, 0.6) is 0 Å². The Morgan fingerprint density at radius 2 is 2.29 bits per heavy atom. The average Bonchev–Trinajstić information content (AvgIpc) is 1.27. The molecule has 0 saturated heterocycles. The van der Waals surface area contributed by atoms with Gasteiger partial charge in [-0.25, -0.2) is 4.99 Å². The van der Waals surface area contributed by atoms with Gasteiger partial charge in [-0.1, -0.05) is 0 Å². The SMILES string of the molecule is CC(S)/N=C(\N)S. The third-order valence-corrected chi connectivity index (χ3v) is 0.550. The first-order valence-electron chi connectivity index (χ1n) is 1.83. The fourth-order valence-corrected chi connectivity index (χ4v) is 0.580. The Kier molecular flexibility index (Phi) is 3.29. The number of nitrogens with two attached hydrogens (primary N) is 1. The molecular weight excluding hydrogens is 128 g/mol. The van der Waals surface area contributed by atoms with Crippen molar-refractivity contribution in [3.8, 4) is 0 Å². The van der Waals surface area contributed by atoms with Crippen molar-refractivity contribution in [3.63, 3.8) is 0 Å². The minimum atomic E-state index is -0.0440. The second-order valence-electron chi connectivity index (χ2n) is 1.12. The summed E-state index contributed by atoms with van der Waals surface area (Å²) >= 11 is 7.64. The molecule has 0 rings (SSSR count). The number of aliphatic imine (C=N–C) groups is 1. The highest BCUT2D eigenvalue weighted by atomic mass is 32.1. The number of hydrogen-bond acceptors (Lipinski definition) is 2. The lowest BCUT2D eigenvalue weighted by Crippen LogP contribution is -2.04. The molecule has 0 saturated carbocycles. The standard InChI is InChI=1S/C3H8N2S2/c1-2(6)5-3(4)7/h2,6H,1H3,(H3,4,5,7). The van der Waals surface area contributed by atoms with Gasteiger partial charge in [-0.05, 0) is 6.92 Å². The zero-order chi connectivity index (χ0) is 5.86. The summed E-state index contributed by atoms with van der Waals surface area (Å²) in [6.45, 7) is 1.81. The Balaban J connectivity index is 3.45. The van der Waals surface area contributed by atoms with Crippen LogP contribution in [0.4, 0.5) is 0 Å². The summed E-state index contributed by atoms with van der Waals surface area (Å²) in [4.78, 5) is 3.70. The summed E-state index contributed by atoms with van der Waals surface area (Å²) in [5.41, 5.74) is 5.06. The van der Waals surface area contributed by atoms with Gasteiger partial charge >= 0.3 is 0 Å². The molecule has 0 spiro atoms. The van der Waals surface area contributed by atoms with Crippen LogP contribution in [0.15, 0.2) is 4.99 Å². The lowest BCUT2D eigenvalue weighted by Gasteiger charge is -1.92. The zero-order valence-corrected chi connectivity index (χ0v) is 5.79. The van der Waals surface area contributed by atoms with E-state index in [0.29, 0.717) is 0 Å². The first-order chi connectivity index (χ1) is 3.13. The van der Waals surface area contributed by atoms with Gasteiger partial charge in [0.15, 0.2) is 5.17 Å². The molecule has 0 bridgehead atoms. The Morgan fingerprint density at radius 1 is 1.86 bits per heavy atom. The summed E-state index contributed by atoms with van der Waals surface area (Å²) in [6, 6.07) is 0. The smallest absolute Gasteiger partial charge is 0.151 e. The molecular formula is C3H8N2S2. The van der Waals surface area contributed by atoms with E-state index in [-0.39, 0.29) is 10.5 Å². The number of nitrogens with zero attached hydrogens (tertiary/aromatic N) is 1. The highest BCUT2D eigenvalue weighted by molar-refractivity contribution is 7.96. The number of hydrogen-bond donors (Lipinski definition) is 3. The monoisotopic (exact) mass is 136 g/mol. The Morgan fingerprint density at radius 3 is 2.29 bits per heavy atom. The van der Waals surface area contributed by atoms with Gasteiger partial charge in [-0.2, -0.15) is 12.6 Å². The fraction of sp³-hybridized carbons (Fsp3) is 0.667. The van der Waals surface area contributed by atoms with Gasteiger partial charge in [0.05, 0.1) is 5.37 Å². The van der Waals surface area contributed by atoms with Crippen LogP contribution in [-0.4, -0.2) is 10.5 Å². The highest BCUT2D eigenvalue weighted by Crippen LogP contribution is 1.93. The van der Waals surface area contributed by atoms with Gasteiger partial charge in [0.25, 0.3) is 0 Å². The van der Waals surface area contributed by atoms with Gasteiger partial charge in [-0.15, -0.1) is 12.6 Å². The van der Waals surface area contributed by atoms with Crippen molar-refractivity contribution < 1.29 is 0 Å². The molecule has 0 fully saturated rings. The summed E-state index contributed by atoms with van der Waals surface area (Å²) < 4.78 is 0. The maximum atomic E-state index is 5.06. The van der Waals surface area contributed by atoms with E-state index in [1.165, 1.54) is 0 Å². The van der Waals surface area contributed by atoms with Gasteiger partial charge < -0.3 is 5.73 Å². The van der Waals surface area contributed by atoms with Crippen LogP contribution in [0.2, 0.25) is 0 Å². The largest absolute Gasteiger partial charge is 0.379 e. The summed E-state index contributed by atoms with van der Waals surface area (Å²) in [6.07, 6.45) is 0. The minimum Gasteiger partial charge on any atom is -0.379 e. The first-order valence-corrected chi connectivity index (χ1v) is 2.79. The number of amidine groups is 1. The van der Waals surface area contributed by atoms with Crippen molar-refractivity contribution in [1.82, 2.24) is 0 Å². The molecule has 0 aromatic carbocycles. The second kappa shape index (κ2) is 3.21. The van der Waals surface area contributed by atoms with E-state index in [2.05, 4.69) is 30.2 Å². The number of thiol groups is 2. The average molecular weight is 136 g/mol. The third kappa shape index (κ3) is 6.17. The molecule has 42 valence electrons. The maximum absolute atomic E-state index is 5.06. The van der Waals surface area contributed by atoms with Gasteiger partial charge in [-0.3, -0.25) is 0 Å². The highest BCUT2D eigenvalue weighted by Gasteiger charge is 1.84. The van der Waals surface area contributed by atoms with Gasteiger partial charge in [0.1, 0.15) is 0 Å². The van der Waals surface area contributed by atoms with E-state index in [4.69, 9.17) is 5.73 Å². The van der Waals surface area contributed by atoms with Crippen LogP contribution in [0.1, 0.15) is 6.92 Å². The van der Waals surface area contributed by atoms with Crippen molar-refractivity contribution in [2.45, 2.75) is 12.3 Å². The number of rotatable bonds is 1. The van der Waals surface area contributed by atoms with E-state index < -0.39 is 0 Å². The molecule has 0 aliphatic carbocycles. The molecule has 0 amide bonds. The summed E-state index contributed by atoms with van der Waals surface area (Å²) in [5, 5.41) is 0.236. The van der Waals surface area contributed by atoms with E-state index in [1.807, 2.05) is 6.92 Å². The molecule has 2 N–H and O–H groups in total. The van der Waals surface area contributed by atoms with E-state index >= 15 is 0 Å². The Bertz CT molecular complexity index is 75.0. The van der Waals surface area contributed by atoms with Crippen LogP contribution < -0.4 is 5.73 Å². The predicted molar refractivity (Wildman–Crippen MR) is 39.1 cm³/mol. The second-order valence-corrected chi connectivity index (χ2v) is 2.32. The van der Waals surface area contributed by atoms with Crippen molar-refractivity contribution in [2.75, 3.05) is 0 Å². The van der Waals surface area contributed by atoms with Crippen molar-refractivity contribution in [2.24, 2.45) is 10.7 Å². The van der Waals surface area contributed by atoms with Crippen LogP contribution in [0.25, 0.3) is 0 Å². The minimum absolute atomic E-state index is 0.0440.